The Morgan fingerprint density at radius 2 is 1.90 bits per heavy atom. The Hall–Kier alpha value is -1.82. The smallest absolute Gasteiger partial charge is 0.123 e. The maximum absolute atomic E-state index is 14.7. The van der Waals surface area contributed by atoms with Gasteiger partial charge in [0, 0.05) is 35.8 Å². The quantitative estimate of drug-likeness (QED) is 0.509. The predicted octanol–water partition coefficient (Wildman–Crippen LogP) is 5.97. The Morgan fingerprint density at radius 3 is 2.60 bits per heavy atom. The summed E-state index contributed by atoms with van der Waals surface area (Å²) < 4.78 is 14.7. The first kappa shape index (κ1) is 20.1. The topological polar surface area (TPSA) is 57.9 Å². The summed E-state index contributed by atoms with van der Waals surface area (Å²) in [6.07, 6.45) is 3.32. The number of aromatic amines is 1. The van der Waals surface area contributed by atoms with E-state index in [1.807, 2.05) is 12.1 Å². The summed E-state index contributed by atoms with van der Waals surface area (Å²) in [6.45, 7) is 3.43. The number of rotatable bonds is 2. The molecule has 0 bridgehead atoms. The molecule has 1 aromatic heterocycles. The molecule has 30 heavy (non-hydrogen) atoms. The van der Waals surface area contributed by atoms with Crippen LogP contribution in [0.4, 0.5) is 10.1 Å². The van der Waals surface area contributed by atoms with E-state index in [1.54, 1.807) is 13.0 Å². The maximum Gasteiger partial charge on any atom is 0.123 e. The van der Waals surface area contributed by atoms with Gasteiger partial charge in [-0.15, -0.1) is 0 Å². The fraction of sp³-hybridized carbons (Fsp3) is 0.435. The van der Waals surface area contributed by atoms with Crippen LogP contribution in [0.15, 0.2) is 36.4 Å². The first-order valence-corrected chi connectivity index (χ1v) is 11.2. The van der Waals surface area contributed by atoms with Gasteiger partial charge in [0.25, 0.3) is 0 Å². The normalized spacial score (nSPS) is 26.0. The van der Waals surface area contributed by atoms with Gasteiger partial charge in [-0.1, -0.05) is 35.3 Å². The molecule has 158 valence electrons. The summed E-state index contributed by atoms with van der Waals surface area (Å²) in [5.74, 6) is 0. The number of benzene rings is 2. The number of hydrogen-bond donors (Lipinski definition) is 2. The highest BCUT2D eigenvalue weighted by Gasteiger charge is 2.54. The number of anilines is 1. The van der Waals surface area contributed by atoms with E-state index in [4.69, 9.17) is 28.9 Å². The average Bonchev–Trinajstić information content (AvgIpc) is 3.25. The lowest BCUT2D eigenvalue weighted by atomic mass is 9.73. The van der Waals surface area contributed by atoms with Crippen LogP contribution in [-0.4, -0.2) is 35.0 Å². The average molecular weight is 447 g/mol. The molecule has 0 amide bonds. The molecule has 3 N–H and O–H groups in total. The van der Waals surface area contributed by atoms with Crippen LogP contribution in [0.3, 0.4) is 0 Å². The number of piperidine rings is 1. The van der Waals surface area contributed by atoms with E-state index in [0.29, 0.717) is 16.5 Å². The molecule has 2 heterocycles. The molecule has 2 aromatic carbocycles. The second-order valence-corrected chi connectivity index (χ2v) is 9.79. The fourth-order valence-electron chi connectivity index (χ4n) is 5.31. The number of hydrogen-bond acceptors (Lipinski definition) is 3. The minimum Gasteiger partial charge on any atom is -0.371 e. The van der Waals surface area contributed by atoms with E-state index >= 15 is 0 Å². The number of fused-ring (bicyclic) bond motifs is 1. The fourth-order valence-corrected chi connectivity index (χ4v) is 5.70. The minimum atomic E-state index is -1.24. The van der Waals surface area contributed by atoms with E-state index in [0.717, 1.165) is 60.2 Å². The Balaban J connectivity index is 1.39. The largest absolute Gasteiger partial charge is 0.371 e. The molecule has 4 nitrogen and oxygen atoms in total. The maximum atomic E-state index is 14.7. The second kappa shape index (κ2) is 7.11. The van der Waals surface area contributed by atoms with Gasteiger partial charge in [-0.2, -0.15) is 5.10 Å². The molecule has 3 aromatic rings. The number of halogens is 3. The van der Waals surface area contributed by atoms with Crippen molar-refractivity contribution >= 4 is 39.8 Å². The summed E-state index contributed by atoms with van der Waals surface area (Å²) in [5.41, 5.74) is 8.73. The van der Waals surface area contributed by atoms with Crippen LogP contribution in [0.25, 0.3) is 22.2 Å². The van der Waals surface area contributed by atoms with E-state index < -0.39 is 5.67 Å². The number of aromatic nitrogens is 2. The number of nitrogens with two attached hydrogens (primary N) is 1. The van der Waals surface area contributed by atoms with Gasteiger partial charge >= 0.3 is 0 Å². The molecule has 1 spiro atoms. The van der Waals surface area contributed by atoms with E-state index in [1.165, 1.54) is 0 Å². The monoisotopic (exact) mass is 446 g/mol. The van der Waals surface area contributed by atoms with Crippen molar-refractivity contribution in [2.45, 2.75) is 44.3 Å². The van der Waals surface area contributed by atoms with Gasteiger partial charge in [0.15, 0.2) is 0 Å². The van der Waals surface area contributed by atoms with E-state index in [-0.39, 0.29) is 11.5 Å². The van der Waals surface area contributed by atoms with Gasteiger partial charge in [0.05, 0.1) is 15.6 Å². The van der Waals surface area contributed by atoms with Crippen molar-refractivity contribution in [2.75, 3.05) is 18.0 Å². The van der Waals surface area contributed by atoms with Crippen LogP contribution < -0.4 is 10.6 Å². The molecule has 1 saturated heterocycles. The van der Waals surface area contributed by atoms with Crippen LogP contribution in [0.5, 0.6) is 0 Å². The molecule has 1 saturated carbocycles. The Bertz CT molecular complexity index is 1100. The Labute approximate surface area is 185 Å². The standard InChI is InChI=1S/C23H25Cl2FN4/c1-22(26)7-8-23(21(22)27)9-11-30(12-10-23)14-5-6-15-18(13-14)28-29-20(15)16-3-2-4-17(24)19(16)25/h2-6,13,21H,7-12,27H2,1H3,(H,28,29). The van der Waals surface area contributed by atoms with Crippen LogP contribution in [-0.2, 0) is 0 Å². The third-order valence-electron chi connectivity index (χ3n) is 7.30. The summed E-state index contributed by atoms with van der Waals surface area (Å²) in [4.78, 5) is 2.36. The molecule has 2 unspecified atom stereocenters. The van der Waals surface area contributed by atoms with Gasteiger partial charge in [-0.25, -0.2) is 4.39 Å². The van der Waals surface area contributed by atoms with Crippen molar-refractivity contribution in [3.05, 3.63) is 46.4 Å². The molecule has 1 aliphatic carbocycles. The van der Waals surface area contributed by atoms with Crippen LogP contribution in [0.1, 0.15) is 32.6 Å². The third-order valence-corrected chi connectivity index (χ3v) is 8.12. The molecule has 2 atom stereocenters. The van der Waals surface area contributed by atoms with Crippen molar-refractivity contribution in [3.63, 3.8) is 0 Å². The predicted molar refractivity (Wildman–Crippen MR) is 122 cm³/mol. The van der Waals surface area contributed by atoms with Crippen molar-refractivity contribution in [3.8, 4) is 11.3 Å². The zero-order chi connectivity index (χ0) is 21.1. The van der Waals surface area contributed by atoms with Gasteiger partial charge in [-0.05, 0) is 62.3 Å². The van der Waals surface area contributed by atoms with Gasteiger partial charge in [-0.3, -0.25) is 5.10 Å². The van der Waals surface area contributed by atoms with Crippen molar-refractivity contribution in [2.24, 2.45) is 11.1 Å². The van der Waals surface area contributed by atoms with Gasteiger partial charge in [0.2, 0.25) is 0 Å². The van der Waals surface area contributed by atoms with Crippen molar-refractivity contribution in [1.82, 2.24) is 10.2 Å². The van der Waals surface area contributed by atoms with E-state index in [9.17, 15) is 4.39 Å². The third kappa shape index (κ3) is 3.10. The number of H-pyrrole nitrogens is 1. The highest BCUT2D eigenvalue weighted by atomic mass is 35.5. The van der Waals surface area contributed by atoms with Crippen LogP contribution >= 0.6 is 23.2 Å². The number of nitrogens with zero attached hydrogens (tertiary/aromatic N) is 2. The van der Waals surface area contributed by atoms with Crippen molar-refractivity contribution in [1.29, 1.82) is 0 Å². The zero-order valence-electron chi connectivity index (χ0n) is 16.9. The summed E-state index contributed by atoms with van der Waals surface area (Å²) >= 11 is 12.6. The number of alkyl halides is 1. The molecule has 7 heteroatoms. The summed E-state index contributed by atoms with van der Waals surface area (Å²) in [6, 6.07) is 11.5. The summed E-state index contributed by atoms with van der Waals surface area (Å²) in [7, 11) is 0. The first-order chi connectivity index (χ1) is 14.3. The molecule has 5 rings (SSSR count). The minimum absolute atomic E-state index is 0.0609. The first-order valence-electron chi connectivity index (χ1n) is 10.4. The van der Waals surface area contributed by atoms with Crippen molar-refractivity contribution < 1.29 is 4.39 Å². The van der Waals surface area contributed by atoms with Crippen LogP contribution in [0.2, 0.25) is 10.0 Å². The van der Waals surface area contributed by atoms with Crippen LogP contribution in [0, 0.1) is 5.41 Å². The Kier molecular flexibility index (Phi) is 4.77. The van der Waals surface area contributed by atoms with Gasteiger partial charge < -0.3 is 10.6 Å². The number of nitrogens with one attached hydrogen (secondary N) is 1. The highest BCUT2D eigenvalue weighted by Crippen LogP contribution is 2.51. The molecule has 2 aliphatic rings. The van der Waals surface area contributed by atoms with Gasteiger partial charge in [0.1, 0.15) is 11.4 Å². The molecular weight excluding hydrogens is 422 g/mol. The molecular formula is C23H25Cl2FN4. The summed E-state index contributed by atoms with van der Waals surface area (Å²) in [5, 5.41) is 9.64. The SMILES string of the molecule is CC1(F)CCC2(CCN(c3ccc4c(-c5cccc(Cl)c5Cl)n[nH]c4c3)CC2)C1N. The molecule has 0 radical (unpaired) electrons. The molecule has 2 fully saturated rings. The lowest BCUT2D eigenvalue weighted by Gasteiger charge is -2.44. The lowest BCUT2D eigenvalue weighted by molar-refractivity contribution is 0.110. The molecule has 1 aliphatic heterocycles. The zero-order valence-corrected chi connectivity index (χ0v) is 18.4. The Morgan fingerprint density at radius 1 is 1.13 bits per heavy atom. The highest BCUT2D eigenvalue weighted by molar-refractivity contribution is 6.43. The van der Waals surface area contributed by atoms with E-state index in [2.05, 4.69) is 33.3 Å². The second-order valence-electron chi connectivity index (χ2n) is 9.01. The lowest BCUT2D eigenvalue weighted by Crippen LogP contribution is -2.52.